The molecule has 0 aliphatic rings. The van der Waals surface area contributed by atoms with Crippen LogP contribution in [0.4, 0.5) is 0 Å². The smallest absolute Gasteiger partial charge is 0.321 e. The molecule has 0 amide bonds. The molecule has 0 bridgehead atoms. The van der Waals surface area contributed by atoms with Crippen LogP contribution >= 0.6 is 0 Å². The zero-order chi connectivity index (χ0) is 11.4. The van der Waals surface area contributed by atoms with Gasteiger partial charge in [-0.2, -0.15) is 5.26 Å². The van der Waals surface area contributed by atoms with E-state index >= 15 is 0 Å². The number of aryl methyl sites for hydroxylation is 1. The van der Waals surface area contributed by atoms with E-state index in [0.717, 1.165) is 11.1 Å². The van der Waals surface area contributed by atoms with Crippen LogP contribution < -0.4 is 0 Å². The van der Waals surface area contributed by atoms with Gasteiger partial charge in [0, 0.05) is 5.92 Å². The second-order valence-corrected chi connectivity index (χ2v) is 3.64. The molecule has 3 heteroatoms. The first-order valence-corrected chi connectivity index (χ1v) is 4.75. The lowest BCUT2D eigenvalue weighted by Gasteiger charge is -2.14. The SMILES string of the molecule is Cc1ccc(C(C)C(C#N)C(=O)O)cc1. The largest absolute Gasteiger partial charge is 0.480 e. The fourth-order valence-electron chi connectivity index (χ4n) is 1.44. The fourth-order valence-corrected chi connectivity index (χ4v) is 1.44. The quantitative estimate of drug-likeness (QED) is 0.820. The minimum absolute atomic E-state index is 0.284. The van der Waals surface area contributed by atoms with Gasteiger partial charge in [0.1, 0.15) is 5.92 Å². The highest BCUT2D eigenvalue weighted by Gasteiger charge is 2.25. The summed E-state index contributed by atoms with van der Waals surface area (Å²) in [5.41, 5.74) is 2.00. The highest BCUT2D eigenvalue weighted by Crippen LogP contribution is 2.24. The number of carbonyl (C=O) groups is 1. The summed E-state index contributed by atoms with van der Waals surface area (Å²) in [7, 11) is 0. The summed E-state index contributed by atoms with van der Waals surface area (Å²) in [6.07, 6.45) is 0. The molecule has 0 aromatic heterocycles. The van der Waals surface area contributed by atoms with Crippen LogP contribution in [0.3, 0.4) is 0 Å². The van der Waals surface area contributed by atoms with E-state index in [1.165, 1.54) is 0 Å². The highest BCUT2D eigenvalue weighted by atomic mass is 16.4. The van der Waals surface area contributed by atoms with Crippen molar-refractivity contribution >= 4 is 5.97 Å². The summed E-state index contributed by atoms with van der Waals surface area (Å²) in [4.78, 5) is 10.8. The maximum absolute atomic E-state index is 10.8. The van der Waals surface area contributed by atoms with Gasteiger partial charge < -0.3 is 5.11 Å². The second-order valence-electron chi connectivity index (χ2n) is 3.64. The summed E-state index contributed by atoms with van der Waals surface area (Å²) in [5, 5.41) is 17.6. The monoisotopic (exact) mass is 203 g/mol. The Labute approximate surface area is 89.0 Å². The average Bonchev–Trinajstić information content (AvgIpc) is 2.19. The van der Waals surface area contributed by atoms with Gasteiger partial charge in [-0.3, -0.25) is 4.79 Å². The van der Waals surface area contributed by atoms with E-state index in [4.69, 9.17) is 10.4 Å². The molecule has 78 valence electrons. The predicted octanol–water partition coefficient (Wildman–Crippen LogP) is 2.32. The molecule has 1 aromatic carbocycles. The van der Waals surface area contributed by atoms with Crippen LogP contribution in [0.15, 0.2) is 24.3 Å². The summed E-state index contributed by atoms with van der Waals surface area (Å²) < 4.78 is 0. The Balaban J connectivity index is 2.93. The Morgan fingerprint density at radius 2 is 1.93 bits per heavy atom. The van der Waals surface area contributed by atoms with Crippen LogP contribution in [0, 0.1) is 24.2 Å². The predicted molar refractivity (Wildman–Crippen MR) is 56.3 cm³/mol. The van der Waals surface area contributed by atoms with Gasteiger partial charge in [0.25, 0.3) is 0 Å². The molecule has 15 heavy (non-hydrogen) atoms. The van der Waals surface area contributed by atoms with Crippen LogP contribution in [0.2, 0.25) is 0 Å². The fraction of sp³-hybridized carbons (Fsp3) is 0.333. The summed E-state index contributed by atoms with van der Waals surface area (Å²) in [6.45, 7) is 3.72. The third kappa shape index (κ3) is 2.57. The molecule has 2 atom stereocenters. The van der Waals surface area contributed by atoms with Crippen LogP contribution in [0.1, 0.15) is 24.0 Å². The van der Waals surface area contributed by atoms with E-state index in [1.807, 2.05) is 37.3 Å². The van der Waals surface area contributed by atoms with Gasteiger partial charge in [-0.05, 0) is 12.5 Å². The maximum Gasteiger partial charge on any atom is 0.321 e. The first-order valence-electron chi connectivity index (χ1n) is 4.75. The number of nitrogens with zero attached hydrogens (tertiary/aromatic N) is 1. The molecule has 1 aromatic rings. The van der Waals surface area contributed by atoms with Crippen LogP contribution in [0.5, 0.6) is 0 Å². The van der Waals surface area contributed by atoms with E-state index in [1.54, 1.807) is 6.92 Å². The van der Waals surface area contributed by atoms with Crippen LogP contribution in [0.25, 0.3) is 0 Å². The van der Waals surface area contributed by atoms with Crippen molar-refractivity contribution in [3.05, 3.63) is 35.4 Å². The van der Waals surface area contributed by atoms with Gasteiger partial charge in [0.15, 0.2) is 0 Å². The molecule has 0 spiro atoms. The van der Waals surface area contributed by atoms with Gasteiger partial charge in [-0.25, -0.2) is 0 Å². The normalized spacial score (nSPS) is 13.9. The minimum atomic E-state index is -1.06. The van der Waals surface area contributed by atoms with Gasteiger partial charge in [0.2, 0.25) is 0 Å². The number of carboxylic acid groups (broad SMARTS) is 1. The molecule has 1 N–H and O–H groups in total. The first-order chi connectivity index (χ1) is 7.06. The Morgan fingerprint density at radius 1 is 1.40 bits per heavy atom. The van der Waals surface area contributed by atoms with Crippen molar-refractivity contribution in [3.8, 4) is 6.07 Å². The molecule has 0 saturated carbocycles. The minimum Gasteiger partial charge on any atom is -0.480 e. The molecule has 0 aliphatic carbocycles. The first kappa shape index (κ1) is 11.3. The summed E-state index contributed by atoms with van der Waals surface area (Å²) in [6, 6.07) is 9.39. The van der Waals surface area contributed by atoms with Gasteiger partial charge in [-0.1, -0.05) is 36.8 Å². The topological polar surface area (TPSA) is 61.1 Å². The summed E-state index contributed by atoms with van der Waals surface area (Å²) >= 11 is 0. The second kappa shape index (κ2) is 4.61. The highest BCUT2D eigenvalue weighted by molar-refractivity contribution is 5.74. The number of aliphatic carboxylic acids is 1. The van der Waals surface area contributed by atoms with Crippen LogP contribution in [-0.2, 0) is 4.79 Å². The van der Waals surface area contributed by atoms with E-state index in [2.05, 4.69) is 0 Å². The van der Waals surface area contributed by atoms with E-state index in [0.29, 0.717) is 0 Å². The van der Waals surface area contributed by atoms with Crippen molar-refractivity contribution in [1.29, 1.82) is 5.26 Å². The lowest BCUT2D eigenvalue weighted by Crippen LogP contribution is -2.18. The summed E-state index contributed by atoms with van der Waals surface area (Å²) in [5.74, 6) is -2.33. The maximum atomic E-state index is 10.8. The lowest BCUT2D eigenvalue weighted by molar-refractivity contribution is -0.140. The molecule has 0 fully saturated rings. The molecule has 0 radical (unpaired) electrons. The van der Waals surface area contributed by atoms with Crippen molar-refractivity contribution < 1.29 is 9.90 Å². The molecular weight excluding hydrogens is 190 g/mol. The third-order valence-corrected chi connectivity index (χ3v) is 2.51. The zero-order valence-electron chi connectivity index (χ0n) is 8.77. The third-order valence-electron chi connectivity index (χ3n) is 2.51. The Bertz CT molecular complexity index is 389. The number of hydrogen-bond donors (Lipinski definition) is 1. The van der Waals surface area contributed by atoms with Crippen molar-refractivity contribution in [1.82, 2.24) is 0 Å². The Kier molecular flexibility index (Phi) is 3.46. The standard InChI is InChI=1S/C12H13NO2/c1-8-3-5-10(6-4-8)9(2)11(7-13)12(14)15/h3-6,9,11H,1-2H3,(H,14,15). The van der Waals surface area contributed by atoms with Crippen molar-refractivity contribution in [3.63, 3.8) is 0 Å². The van der Waals surface area contributed by atoms with Crippen LogP contribution in [-0.4, -0.2) is 11.1 Å². The molecular formula is C12H13NO2. The van der Waals surface area contributed by atoms with E-state index in [-0.39, 0.29) is 5.92 Å². The number of carboxylic acids is 1. The number of nitriles is 1. The number of rotatable bonds is 3. The van der Waals surface area contributed by atoms with Gasteiger partial charge >= 0.3 is 5.97 Å². The van der Waals surface area contributed by atoms with E-state index in [9.17, 15) is 4.79 Å². The van der Waals surface area contributed by atoms with Crippen molar-refractivity contribution in [2.24, 2.45) is 5.92 Å². The molecule has 3 nitrogen and oxygen atoms in total. The molecule has 0 heterocycles. The zero-order valence-corrected chi connectivity index (χ0v) is 8.77. The number of benzene rings is 1. The molecule has 2 unspecified atom stereocenters. The molecule has 0 saturated heterocycles. The molecule has 1 rings (SSSR count). The van der Waals surface area contributed by atoms with Gasteiger partial charge in [-0.15, -0.1) is 0 Å². The Morgan fingerprint density at radius 3 is 2.33 bits per heavy atom. The Hall–Kier alpha value is -1.82. The van der Waals surface area contributed by atoms with Crippen molar-refractivity contribution in [2.45, 2.75) is 19.8 Å². The molecule has 0 aliphatic heterocycles. The van der Waals surface area contributed by atoms with Crippen molar-refractivity contribution in [2.75, 3.05) is 0 Å². The van der Waals surface area contributed by atoms with Gasteiger partial charge in [0.05, 0.1) is 6.07 Å². The lowest BCUT2D eigenvalue weighted by atomic mass is 9.88. The number of hydrogen-bond acceptors (Lipinski definition) is 2. The average molecular weight is 203 g/mol. The van der Waals surface area contributed by atoms with E-state index < -0.39 is 11.9 Å².